The Kier molecular flexibility index (Phi) is 3.51. The molecule has 1 rings (SSSR count). The predicted octanol–water partition coefficient (Wildman–Crippen LogP) is -0.670. The van der Waals surface area contributed by atoms with Crippen molar-refractivity contribution in [3.8, 4) is 0 Å². The summed E-state index contributed by atoms with van der Waals surface area (Å²) in [7, 11) is 0. The zero-order valence-corrected chi connectivity index (χ0v) is 8.12. The molecule has 0 amide bonds. The van der Waals surface area contributed by atoms with Gasteiger partial charge in [-0.15, -0.1) is 0 Å². The highest BCUT2D eigenvalue weighted by Gasteiger charge is 2.39. The van der Waals surface area contributed by atoms with Gasteiger partial charge in [0, 0.05) is 6.08 Å². The highest BCUT2D eigenvalue weighted by atomic mass is 16.6. The summed E-state index contributed by atoms with van der Waals surface area (Å²) in [6.45, 7) is 2.64. The van der Waals surface area contributed by atoms with Crippen LogP contribution < -0.4 is 0 Å². The van der Waals surface area contributed by atoms with E-state index in [0.717, 1.165) is 6.08 Å². The first-order valence-electron chi connectivity index (χ1n) is 4.27. The lowest BCUT2D eigenvalue weighted by Crippen LogP contribution is -2.33. The van der Waals surface area contributed by atoms with E-state index in [4.69, 9.17) is 5.11 Å². The van der Waals surface area contributed by atoms with Crippen molar-refractivity contribution >= 4 is 11.9 Å². The third kappa shape index (κ3) is 2.31. The molecule has 0 bridgehead atoms. The van der Waals surface area contributed by atoms with Crippen molar-refractivity contribution in [1.29, 1.82) is 0 Å². The van der Waals surface area contributed by atoms with Crippen LogP contribution in [0.2, 0.25) is 0 Å². The first kappa shape index (κ1) is 12.1. The average Bonchev–Trinajstić information content (AvgIpc) is 2.53. The first-order valence-corrected chi connectivity index (χ1v) is 4.27. The summed E-state index contributed by atoms with van der Waals surface area (Å²) in [6, 6.07) is 0. The second-order valence-corrected chi connectivity index (χ2v) is 2.96. The Bertz CT molecular complexity index is 357. The van der Waals surface area contributed by atoms with Crippen LogP contribution >= 0.6 is 0 Å². The Balaban J connectivity index is 2.57. The minimum absolute atomic E-state index is 0.500. The van der Waals surface area contributed by atoms with E-state index in [1.807, 2.05) is 0 Å². The molecule has 16 heavy (non-hydrogen) atoms. The van der Waals surface area contributed by atoms with Crippen LogP contribution in [0.25, 0.3) is 0 Å². The summed E-state index contributed by atoms with van der Waals surface area (Å²) < 4.78 is 8.90. The van der Waals surface area contributed by atoms with Crippen LogP contribution in [0, 0.1) is 0 Å². The van der Waals surface area contributed by atoms with Gasteiger partial charge in [0.15, 0.2) is 11.9 Å². The molecule has 0 radical (unpaired) electrons. The third-order valence-corrected chi connectivity index (χ3v) is 1.85. The molecule has 0 saturated carbocycles. The molecule has 0 aromatic carbocycles. The van der Waals surface area contributed by atoms with Crippen LogP contribution in [0.1, 0.15) is 0 Å². The Morgan fingerprint density at radius 2 is 2.25 bits per heavy atom. The zero-order chi connectivity index (χ0) is 12.3. The summed E-state index contributed by atoms with van der Waals surface area (Å²) in [4.78, 5) is 21.4. The molecule has 0 unspecified atom stereocenters. The van der Waals surface area contributed by atoms with E-state index in [1.54, 1.807) is 0 Å². The topological polar surface area (TPSA) is 113 Å². The van der Waals surface area contributed by atoms with Crippen molar-refractivity contribution in [2.45, 2.75) is 12.2 Å². The lowest BCUT2D eigenvalue weighted by Gasteiger charge is -2.16. The number of hydrogen-bond acceptors (Lipinski definition) is 7. The van der Waals surface area contributed by atoms with Crippen LogP contribution in [0.15, 0.2) is 24.2 Å². The largest absolute Gasteiger partial charge is 0.505 e. The Morgan fingerprint density at radius 3 is 2.69 bits per heavy atom. The predicted molar refractivity (Wildman–Crippen MR) is 49.3 cm³/mol. The molecule has 0 aromatic heterocycles. The lowest BCUT2D eigenvalue weighted by atomic mass is 10.2. The van der Waals surface area contributed by atoms with E-state index < -0.39 is 42.3 Å². The maximum absolute atomic E-state index is 10.8. The van der Waals surface area contributed by atoms with E-state index in [-0.39, 0.29) is 0 Å². The van der Waals surface area contributed by atoms with Gasteiger partial charge in [0.25, 0.3) is 0 Å². The quantitative estimate of drug-likeness (QED) is 0.433. The van der Waals surface area contributed by atoms with E-state index in [1.165, 1.54) is 0 Å². The van der Waals surface area contributed by atoms with Crippen LogP contribution in [0.3, 0.4) is 0 Å². The molecule has 0 fully saturated rings. The number of cyclic esters (lactones) is 1. The molecule has 0 aromatic rings. The number of esters is 2. The normalized spacial score (nSPS) is 21.6. The van der Waals surface area contributed by atoms with Gasteiger partial charge in [-0.1, -0.05) is 6.58 Å². The molecule has 0 aliphatic carbocycles. The number of carbonyl (C=O) groups excluding carboxylic acids is 2. The molecule has 0 spiro atoms. The van der Waals surface area contributed by atoms with Gasteiger partial charge >= 0.3 is 11.9 Å². The fraction of sp³-hybridized carbons (Fsp3) is 0.333. The van der Waals surface area contributed by atoms with Gasteiger partial charge in [0.1, 0.15) is 12.7 Å². The monoisotopic (exact) mass is 230 g/mol. The van der Waals surface area contributed by atoms with Gasteiger partial charge in [0.2, 0.25) is 5.76 Å². The fourth-order valence-corrected chi connectivity index (χ4v) is 1.04. The molecule has 3 N–H and O–H groups in total. The number of hydrogen-bond donors (Lipinski definition) is 3. The summed E-state index contributed by atoms with van der Waals surface area (Å²) >= 11 is 0. The molecule has 7 heteroatoms. The smallest absolute Gasteiger partial charge is 0.377 e. The summed E-state index contributed by atoms with van der Waals surface area (Å²) in [5, 5.41) is 27.5. The third-order valence-electron chi connectivity index (χ3n) is 1.85. The van der Waals surface area contributed by atoms with Gasteiger partial charge in [-0.2, -0.15) is 0 Å². The lowest BCUT2D eigenvalue weighted by molar-refractivity contribution is -0.151. The molecule has 7 nitrogen and oxygen atoms in total. The van der Waals surface area contributed by atoms with Crippen molar-refractivity contribution in [2.24, 2.45) is 0 Å². The van der Waals surface area contributed by atoms with Crippen molar-refractivity contribution in [3.63, 3.8) is 0 Å². The Morgan fingerprint density at radius 1 is 1.62 bits per heavy atom. The van der Waals surface area contributed by atoms with E-state index in [9.17, 15) is 19.8 Å². The Hall–Kier alpha value is -2.02. The van der Waals surface area contributed by atoms with Gasteiger partial charge in [-0.25, -0.2) is 9.59 Å². The zero-order valence-electron chi connectivity index (χ0n) is 8.12. The maximum atomic E-state index is 10.8. The number of aliphatic hydroxyl groups excluding tert-OH is 3. The van der Waals surface area contributed by atoms with Crippen molar-refractivity contribution in [3.05, 3.63) is 24.2 Å². The average molecular weight is 230 g/mol. The maximum Gasteiger partial charge on any atom is 0.377 e. The number of carbonyl (C=O) groups is 2. The number of ether oxygens (including phenoxy) is 2. The van der Waals surface area contributed by atoms with Crippen molar-refractivity contribution < 1.29 is 34.4 Å². The Labute approximate surface area is 90.2 Å². The first-order chi connectivity index (χ1) is 7.47. The summed E-state index contributed by atoms with van der Waals surface area (Å²) in [5.74, 6) is -3.65. The number of aliphatic hydroxyl groups is 3. The molecule has 1 aliphatic heterocycles. The molecule has 0 saturated heterocycles. The van der Waals surface area contributed by atoms with Crippen LogP contribution in [0.5, 0.6) is 0 Å². The minimum atomic E-state index is -1.46. The number of rotatable bonds is 4. The highest BCUT2D eigenvalue weighted by Crippen LogP contribution is 2.21. The van der Waals surface area contributed by atoms with E-state index >= 15 is 0 Å². The van der Waals surface area contributed by atoms with Crippen LogP contribution in [-0.4, -0.2) is 46.1 Å². The van der Waals surface area contributed by atoms with E-state index in [0.29, 0.717) is 0 Å². The summed E-state index contributed by atoms with van der Waals surface area (Å²) in [5.41, 5.74) is 0. The van der Waals surface area contributed by atoms with Gasteiger partial charge < -0.3 is 24.8 Å². The molecule has 2 atom stereocenters. The fourth-order valence-electron chi connectivity index (χ4n) is 1.04. The second-order valence-electron chi connectivity index (χ2n) is 2.96. The van der Waals surface area contributed by atoms with Gasteiger partial charge in [0.05, 0.1) is 0 Å². The molecular formula is C9H10O7. The molecule has 1 heterocycles. The van der Waals surface area contributed by atoms with Gasteiger partial charge in [-0.05, 0) is 0 Å². The second kappa shape index (κ2) is 4.67. The standard InChI is InChI=1S/C9H10O7/c1-2-5(11)15-3-4(10)8-6(12)7(13)9(14)16-8/h2,4,8,10,12-13H,1,3H2/t4-,8+/m0/s1. The van der Waals surface area contributed by atoms with Crippen molar-refractivity contribution in [2.75, 3.05) is 6.61 Å². The van der Waals surface area contributed by atoms with E-state index in [2.05, 4.69) is 16.1 Å². The highest BCUT2D eigenvalue weighted by molar-refractivity contribution is 5.89. The molecule has 1 aliphatic rings. The van der Waals surface area contributed by atoms with Crippen molar-refractivity contribution in [1.82, 2.24) is 0 Å². The van der Waals surface area contributed by atoms with Gasteiger partial charge in [-0.3, -0.25) is 0 Å². The van der Waals surface area contributed by atoms with Crippen LogP contribution in [-0.2, 0) is 19.1 Å². The SMILES string of the molecule is C=CC(=O)OC[C@H](O)[C@H]1OC(=O)C(O)=C1O. The molecule has 88 valence electrons. The molecular weight excluding hydrogens is 220 g/mol. The minimum Gasteiger partial charge on any atom is -0.505 e. The van der Waals surface area contributed by atoms with Crippen LogP contribution in [0.4, 0.5) is 0 Å². The summed E-state index contributed by atoms with van der Waals surface area (Å²) in [6.07, 6.45) is -2.00.